The summed E-state index contributed by atoms with van der Waals surface area (Å²) in [5.74, 6) is -0.109. The Balaban J connectivity index is 1.24. The second-order valence-corrected chi connectivity index (χ2v) is 10.4. The van der Waals surface area contributed by atoms with Gasteiger partial charge in [0.05, 0.1) is 11.1 Å². The van der Waals surface area contributed by atoms with Crippen LogP contribution in [0.4, 0.5) is 23.7 Å². The molecule has 3 fully saturated rings. The average Bonchev–Trinajstić information content (AvgIpc) is 3.30. The molecule has 6 rings (SSSR count). The normalized spacial score (nSPS) is 22.7. The quantitative estimate of drug-likeness (QED) is 0.386. The third-order valence-corrected chi connectivity index (χ3v) is 8.24. The lowest BCUT2D eigenvalue weighted by Gasteiger charge is -2.52. The van der Waals surface area contributed by atoms with Gasteiger partial charge < -0.3 is 20.3 Å². The molecule has 0 spiro atoms. The number of aromatic nitrogens is 3. The number of hydrogen-bond donors (Lipinski definition) is 3. The van der Waals surface area contributed by atoms with Crippen molar-refractivity contribution in [2.45, 2.75) is 50.1 Å². The van der Waals surface area contributed by atoms with E-state index in [0.29, 0.717) is 18.1 Å². The molecule has 3 aliphatic rings. The highest BCUT2D eigenvalue weighted by Gasteiger charge is 2.51. The fourth-order valence-corrected chi connectivity index (χ4v) is 5.95. The van der Waals surface area contributed by atoms with Crippen molar-refractivity contribution in [2.75, 3.05) is 11.9 Å². The minimum absolute atomic E-state index is 0.0198. The third-order valence-electron chi connectivity index (χ3n) is 8.24. The second-order valence-electron chi connectivity index (χ2n) is 10.4. The number of halogens is 3. The van der Waals surface area contributed by atoms with E-state index in [1.54, 1.807) is 29.8 Å². The zero-order chi connectivity index (χ0) is 27.1. The molecular formula is C27H28F3N5O3. The summed E-state index contributed by atoms with van der Waals surface area (Å²) in [5, 5.41) is 23.3. The highest BCUT2D eigenvalue weighted by atomic mass is 19.4. The first kappa shape index (κ1) is 25.7. The number of carboxylic acids is 1. The number of amides is 2. The number of aromatic carboxylic acids is 1. The smallest absolute Gasteiger partial charge is 0.417 e. The summed E-state index contributed by atoms with van der Waals surface area (Å²) in [5.41, 5.74) is -0.358. The van der Waals surface area contributed by atoms with E-state index >= 15 is 0 Å². The van der Waals surface area contributed by atoms with E-state index in [4.69, 9.17) is 5.11 Å². The molecule has 0 aliphatic heterocycles. The van der Waals surface area contributed by atoms with Gasteiger partial charge in [-0.25, -0.2) is 9.59 Å². The number of nitrogens with zero attached hydrogens (tertiary/aromatic N) is 3. The standard InChI is InChI=1S/C27H28F3N5O3/c1-35-21(19-4-2-3-5-20(19)27(28,29)30)33-34-23(35)26-13-10-25(11-14-26,12-15-26)16-31-24(38)32-18-8-6-17(7-9-18)22(36)37/h2-9H,10-16H2,1H3,(H,36,37)(H2,31,32,38). The van der Waals surface area contributed by atoms with Crippen LogP contribution in [0.1, 0.15) is 60.3 Å². The first-order chi connectivity index (χ1) is 18.0. The molecule has 38 heavy (non-hydrogen) atoms. The fraction of sp³-hybridized carbons (Fsp3) is 0.407. The van der Waals surface area contributed by atoms with Gasteiger partial charge >= 0.3 is 18.2 Å². The molecule has 1 aromatic heterocycles. The maximum atomic E-state index is 13.6. The molecule has 2 amide bonds. The lowest BCUT2D eigenvalue weighted by Crippen LogP contribution is -2.50. The number of urea groups is 1. The average molecular weight is 528 g/mol. The Morgan fingerprint density at radius 1 is 0.974 bits per heavy atom. The molecule has 3 saturated carbocycles. The molecule has 0 atom stereocenters. The van der Waals surface area contributed by atoms with E-state index < -0.39 is 17.7 Å². The van der Waals surface area contributed by atoms with Crippen molar-refractivity contribution in [3.8, 4) is 11.4 Å². The van der Waals surface area contributed by atoms with Gasteiger partial charge in [-0.05, 0) is 74.3 Å². The molecule has 2 aromatic carbocycles. The van der Waals surface area contributed by atoms with Gasteiger partial charge in [0.1, 0.15) is 5.82 Å². The Hall–Kier alpha value is -3.89. The van der Waals surface area contributed by atoms with Crippen LogP contribution in [0.5, 0.6) is 0 Å². The summed E-state index contributed by atoms with van der Waals surface area (Å²) in [6, 6.07) is 11.0. The van der Waals surface area contributed by atoms with Gasteiger partial charge in [-0.15, -0.1) is 10.2 Å². The number of anilines is 1. The number of fused-ring (bicyclic) bond motifs is 3. The lowest BCUT2D eigenvalue weighted by molar-refractivity contribution is -0.137. The zero-order valence-corrected chi connectivity index (χ0v) is 20.8. The first-order valence-corrected chi connectivity index (χ1v) is 12.5. The molecule has 0 radical (unpaired) electrons. The van der Waals surface area contributed by atoms with Gasteiger partial charge in [0.2, 0.25) is 0 Å². The van der Waals surface area contributed by atoms with Crippen molar-refractivity contribution in [3.63, 3.8) is 0 Å². The molecule has 3 N–H and O–H groups in total. The van der Waals surface area contributed by atoms with Crippen LogP contribution in [-0.2, 0) is 18.6 Å². The van der Waals surface area contributed by atoms with Crippen LogP contribution in [0.3, 0.4) is 0 Å². The molecule has 1 heterocycles. The maximum Gasteiger partial charge on any atom is 0.417 e. The van der Waals surface area contributed by atoms with E-state index in [1.165, 1.54) is 24.3 Å². The molecule has 8 nitrogen and oxygen atoms in total. The lowest BCUT2D eigenvalue weighted by atomic mass is 9.53. The topological polar surface area (TPSA) is 109 Å². The largest absolute Gasteiger partial charge is 0.478 e. The van der Waals surface area contributed by atoms with Crippen LogP contribution in [-0.4, -0.2) is 38.4 Å². The Morgan fingerprint density at radius 3 is 2.21 bits per heavy atom. The molecule has 3 aliphatic carbocycles. The van der Waals surface area contributed by atoms with E-state index in [1.807, 2.05) is 0 Å². The number of nitrogens with one attached hydrogen (secondary N) is 2. The molecule has 0 unspecified atom stereocenters. The predicted molar refractivity (Wildman–Crippen MR) is 134 cm³/mol. The predicted octanol–water partition coefficient (Wildman–Crippen LogP) is 5.61. The van der Waals surface area contributed by atoms with Crippen LogP contribution in [0.25, 0.3) is 11.4 Å². The molecule has 11 heteroatoms. The van der Waals surface area contributed by atoms with Crippen molar-refractivity contribution in [1.29, 1.82) is 0 Å². The van der Waals surface area contributed by atoms with Gasteiger partial charge in [0.25, 0.3) is 0 Å². The number of alkyl halides is 3. The van der Waals surface area contributed by atoms with Crippen molar-refractivity contribution < 1.29 is 27.9 Å². The Labute approximate surface area is 217 Å². The van der Waals surface area contributed by atoms with Crippen LogP contribution in [0.15, 0.2) is 48.5 Å². The van der Waals surface area contributed by atoms with Gasteiger partial charge in [-0.1, -0.05) is 18.2 Å². The van der Waals surface area contributed by atoms with Crippen molar-refractivity contribution in [2.24, 2.45) is 12.5 Å². The van der Waals surface area contributed by atoms with Gasteiger partial charge in [-0.2, -0.15) is 13.2 Å². The summed E-state index contributed by atoms with van der Waals surface area (Å²) >= 11 is 0. The highest BCUT2D eigenvalue weighted by Crippen LogP contribution is 2.57. The van der Waals surface area contributed by atoms with Crippen molar-refractivity contribution in [1.82, 2.24) is 20.1 Å². The number of carbonyl (C=O) groups excluding carboxylic acids is 1. The molecule has 2 bridgehead atoms. The van der Waals surface area contributed by atoms with Crippen molar-refractivity contribution in [3.05, 3.63) is 65.5 Å². The summed E-state index contributed by atoms with van der Waals surface area (Å²) in [6.07, 6.45) is 0.558. The maximum absolute atomic E-state index is 13.6. The Kier molecular flexibility index (Phi) is 6.40. The summed E-state index contributed by atoms with van der Waals surface area (Å²) in [7, 11) is 1.73. The summed E-state index contributed by atoms with van der Waals surface area (Å²) in [4.78, 5) is 23.5. The monoisotopic (exact) mass is 527 g/mol. The SMILES string of the molecule is Cn1c(-c2ccccc2C(F)(F)F)nnc1C12CCC(CNC(=O)Nc3ccc(C(=O)O)cc3)(CC1)CC2. The van der Waals surface area contributed by atoms with Crippen LogP contribution >= 0.6 is 0 Å². The van der Waals surface area contributed by atoms with Gasteiger partial charge in [0, 0.05) is 30.3 Å². The minimum atomic E-state index is -4.49. The third kappa shape index (κ3) is 4.72. The fourth-order valence-electron chi connectivity index (χ4n) is 5.95. The Morgan fingerprint density at radius 2 is 1.61 bits per heavy atom. The number of hydrogen-bond acceptors (Lipinski definition) is 4. The number of carbonyl (C=O) groups is 2. The van der Waals surface area contributed by atoms with E-state index in [9.17, 15) is 22.8 Å². The molecule has 200 valence electrons. The van der Waals surface area contributed by atoms with Crippen LogP contribution in [0, 0.1) is 5.41 Å². The van der Waals surface area contributed by atoms with Crippen LogP contribution in [0.2, 0.25) is 0 Å². The summed E-state index contributed by atoms with van der Waals surface area (Å²) in [6.45, 7) is 0.505. The second kappa shape index (κ2) is 9.45. The zero-order valence-electron chi connectivity index (χ0n) is 20.8. The molecular weight excluding hydrogens is 499 g/mol. The highest BCUT2D eigenvalue weighted by molar-refractivity contribution is 5.91. The number of benzene rings is 2. The molecule has 0 saturated heterocycles. The molecule has 3 aromatic rings. The van der Waals surface area contributed by atoms with E-state index in [2.05, 4.69) is 20.8 Å². The van der Waals surface area contributed by atoms with E-state index in [0.717, 1.165) is 44.6 Å². The van der Waals surface area contributed by atoms with Crippen molar-refractivity contribution >= 4 is 17.7 Å². The number of rotatable bonds is 6. The van der Waals surface area contributed by atoms with Gasteiger partial charge in [-0.3, -0.25) is 0 Å². The van der Waals surface area contributed by atoms with E-state index in [-0.39, 0.29) is 33.8 Å². The summed E-state index contributed by atoms with van der Waals surface area (Å²) < 4.78 is 42.5. The number of carboxylic acid groups (broad SMARTS) is 1. The minimum Gasteiger partial charge on any atom is -0.478 e. The Bertz CT molecular complexity index is 1340. The van der Waals surface area contributed by atoms with Gasteiger partial charge in [0.15, 0.2) is 5.82 Å². The van der Waals surface area contributed by atoms with Crippen LogP contribution < -0.4 is 10.6 Å². The first-order valence-electron chi connectivity index (χ1n) is 12.5.